The van der Waals surface area contributed by atoms with Crippen LogP contribution in [-0.2, 0) is 92.7 Å². The summed E-state index contributed by atoms with van der Waals surface area (Å²) in [6, 6.07) is 19.9. The van der Waals surface area contributed by atoms with Crippen molar-refractivity contribution in [1.82, 2.24) is 35.0 Å². The van der Waals surface area contributed by atoms with Crippen molar-refractivity contribution in [1.29, 1.82) is 0 Å². The van der Waals surface area contributed by atoms with Gasteiger partial charge in [0.15, 0.2) is 0 Å². The standard InChI is InChI=1S/C19H19N3O4.C12H12N2O6S2.C12H11N2O3S.2Na.Ru/c1-13-7-9-20-15(11-13)16-12-14(8-10-21-16)3-2-4-19(25)26-22-17(23)5-6-18(22)24;15-21(16,17)7-9-1-3-13-11(5-9)12-6-10(2-4-14-12)8-22(18,19)20;1-9-2-4-13-11(6-9)12-7-10(3-5-14-12)8-18(15,16)17;;;/h7-12H,2-6H2,1H3;1-6H,7-8H2,(H,15,16,17)(H,18,19,20);2-7H,1,8H2,(H,15,16,17);;;/q;;-1;2*+1;/p-1. The first-order valence-electron chi connectivity index (χ1n) is 19.5. The largest absolute Gasteiger partial charge is 1.00 e. The van der Waals surface area contributed by atoms with Gasteiger partial charge in [0.1, 0.15) is 11.5 Å². The Kier molecular flexibility index (Phi) is 24.6. The van der Waals surface area contributed by atoms with E-state index in [0.717, 1.165) is 28.1 Å². The normalized spacial score (nSPS) is 12.1. The minimum atomic E-state index is -4.42. The third-order valence-corrected chi connectivity index (χ3v) is 11.0. The van der Waals surface area contributed by atoms with Crippen molar-refractivity contribution >= 4 is 48.1 Å². The van der Waals surface area contributed by atoms with Gasteiger partial charge >= 0.3 is 65.1 Å². The second-order valence-corrected chi connectivity index (χ2v) is 18.8. The maximum Gasteiger partial charge on any atom is 1.00 e. The SMILES string of the molecule is Cc1ccnc(-c2cc(CCCC(=O)ON3C(=O)CCC3=O)ccn2)c1.O=S(=O)([O-])Cc1ccnc(-c2cc(CS(=O)(=O)O)ccn2)c1.[CH2-]c1ccnc(-c2cc(CS(=O)(=O)O)ccn2)c1.[Na+].[Na+].[Ru]. The average molecular weight is 1110 g/mol. The van der Waals surface area contributed by atoms with Gasteiger partial charge < -0.3 is 9.39 Å². The van der Waals surface area contributed by atoms with E-state index in [4.69, 9.17) is 13.9 Å². The fraction of sp³-hybridized carbons (Fsp3) is 0.209. The first-order valence-corrected chi connectivity index (χ1v) is 24.3. The molecule has 0 spiro atoms. The molecule has 0 aromatic carbocycles. The summed E-state index contributed by atoms with van der Waals surface area (Å²) in [4.78, 5) is 64.5. The molecule has 0 unspecified atom stereocenters. The first kappa shape index (κ1) is 60.9. The number of carbonyl (C=O) groups excluding carboxylic acids is 3. The molecule has 0 aliphatic carbocycles. The molecule has 2 N–H and O–H groups in total. The molecule has 1 saturated heterocycles. The van der Waals surface area contributed by atoms with Crippen molar-refractivity contribution in [3.63, 3.8) is 0 Å². The molecule has 7 heterocycles. The molecule has 0 radical (unpaired) electrons. The smallest absolute Gasteiger partial charge is 0.748 e. The summed E-state index contributed by atoms with van der Waals surface area (Å²) in [5, 5.41) is 0.580. The van der Waals surface area contributed by atoms with E-state index in [0.29, 0.717) is 51.8 Å². The van der Waals surface area contributed by atoms with Crippen LogP contribution < -0.4 is 59.1 Å². The third kappa shape index (κ3) is 21.7. The van der Waals surface area contributed by atoms with Gasteiger partial charge in [-0.2, -0.15) is 29.3 Å². The number of nitrogens with zero attached hydrogens (tertiary/aromatic N) is 7. The van der Waals surface area contributed by atoms with Crippen molar-refractivity contribution in [3.05, 3.63) is 150 Å². The number of hydrogen-bond donors (Lipinski definition) is 2. The molecule has 26 heteroatoms. The van der Waals surface area contributed by atoms with Crippen molar-refractivity contribution in [2.45, 2.75) is 56.3 Å². The van der Waals surface area contributed by atoms with E-state index < -0.39 is 65.4 Å². The van der Waals surface area contributed by atoms with E-state index in [-0.39, 0.29) is 103 Å². The van der Waals surface area contributed by atoms with Crippen LogP contribution in [0.5, 0.6) is 0 Å². The molecule has 0 atom stereocenters. The van der Waals surface area contributed by atoms with Crippen LogP contribution in [0.4, 0.5) is 0 Å². The molecule has 20 nitrogen and oxygen atoms in total. The Hall–Kier alpha value is -4.27. The number of carbonyl (C=O) groups is 3. The molecular formula is C43H41N7Na2O13RuS3. The maximum absolute atomic E-state index is 11.8. The van der Waals surface area contributed by atoms with Crippen LogP contribution in [0.25, 0.3) is 34.2 Å². The molecule has 354 valence electrons. The van der Waals surface area contributed by atoms with Gasteiger partial charge in [0, 0.05) is 75.4 Å². The Bertz CT molecular complexity index is 2990. The van der Waals surface area contributed by atoms with Crippen LogP contribution in [-0.4, -0.2) is 91.7 Å². The number of pyridine rings is 6. The fourth-order valence-electron chi connectivity index (χ4n) is 6.04. The van der Waals surface area contributed by atoms with Crippen LogP contribution >= 0.6 is 0 Å². The van der Waals surface area contributed by atoms with Crippen molar-refractivity contribution in [2.75, 3.05) is 0 Å². The van der Waals surface area contributed by atoms with E-state index in [9.17, 15) is 44.2 Å². The topological polar surface area (TPSA) is 307 Å². The maximum atomic E-state index is 11.8. The van der Waals surface area contributed by atoms with Crippen LogP contribution in [0.3, 0.4) is 0 Å². The zero-order valence-corrected chi connectivity index (χ0v) is 45.5. The van der Waals surface area contributed by atoms with E-state index in [1.54, 1.807) is 36.8 Å². The summed E-state index contributed by atoms with van der Waals surface area (Å²) in [6.07, 6.45) is 10.7. The first-order chi connectivity index (χ1) is 31.1. The summed E-state index contributed by atoms with van der Waals surface area (Å²) in [5.74, 6) is -3.19. The van der Waals surface area contributed by atoms with Crippen LogP contribution in [0.1, 0.15) is 59.1 Å². The second-order valence-electron chi connectivity index (χ2n) is 14.5. The van der Waals surface area contributed by atoms with Gasteiger partial charge in [-0.05, 0) is 114 Å². The molecule has 1 fully saturated rings. The van der Waals surface area contributed by atoms with E-state index in [2.05, 4.69) is 36.8 Å². The van der Waals surface area contributed by atoms with Gasteiger partial charge in [0.2, 0.25) is 0 Å². The van der Waals surface area contributed by atoms with Crippen LogP contribution in [0, 0.1) is 13.8 Å². The zero-order chi connectivity index (χ0) is 48.1. The third-order valence-electron chi connectivity index (χ3n) is 8.91. The number of rotatable bonds is 14. The number of hydroxylamine groups is 2. The van der Waals surface area contributed by atoms with Crippen LogP contribution in [0.2, 0.25) is 0 Å². The fourth-order valence-corrected chi connectivity index (χ4v) is 7.83. The second kappa shape index (κ2) is 27.9. The van der Waals surface area contributed by atoms with Crippen molar-refractivity contribution < 1.29 is 137 Å². The molecule has 1 aliphatic rings. The summed E-state index contributed by atoms with van der Waals surface area (Å²) in [7, 11) is -12.6. The van der Waals surface area contributed by atoms with Crippen molar-refractivity contribution in [2.24, 2.45) is 0 Å². The molecule has 6 aromatic rings. The van der Waals surface area contributed by atoms with Gasteiger partial charge in [0.25, 0.3) is 32.1 Å². The van der Waals surface area contributed by atoms with Crippen LogP contribution in [0.15, 0.2) is 110 Å². The molecular weight excluding hydrogens is 1070 g/mol. The Labute approximate surface area is 456 Å². The summed E-state index contributed by atoms with van der Waals surface area (Å²) < 4.78 is 93.3. The summed E-state index contributed by atoms with van der Waals surface area (Å²) in [5.41, 5.74) is 7.26. The summed E-state index contributed by atoms with van der Waals surface area (Å²) >= 11 is 0. The minimum absolute atomic E-state index is 0. The van der Waals surface area contributed by atoms with Gasteiger partial charge in [-0.25, -0.2) is 13.2 Å². The number of imide groups is 1. The molecule has 69 heavy (non-hydrogen) atoms. The number of aromatic nitrogens is 6. The average Bonchev–Trinajstić information content (AvgIpc) is 3.55. The van der Waals surface area contributed by atoms with Gasteiger partial charge in [-0.15, -0.1) is 17.2 Å². The Morgan fingerprint density at radius 2 is 0.971 bits per heavy atom. The Morgan fingerprint density at radius 1 is 0.609 bits per heavy atom. The van der Waals surface area contributed by atoms with Gasteiger partial charge in [0.05, 0.1) is 44.3 Å². The van der Waals surface area contributed by atoms with Gasteiger partial charge in [-0.3, -0.25) is 48.6 Å². The van der Waals surface area contributed by atoms with E-state index in [1.165, 1.54) is 48.9 Å². The predicted molar refractivity (Wildman–Crippen MR) is 236 cm³/mol. The van der Waals surface area contributed by atoms with E-state index >= 15 is 0 Å². The Balaban J connectivity index is 0.000000353. The molecule has 0 saturated carbocycles. The van der Waals surface area contributed by atoms with Gasteiger partial charge in [-0.1, -0.05) is 0 Å². The monoisotopic (exact) mass is 1110 g/mol. The summed E-state index contributed by atoms with van der Waals surface area (Å²) in [6.45, 7) is 5.78. The zero-order valence-electron chi connectivity index (χ0n) is 37.4. The molecule has 2 amide bonds. The number of amides is 2. The number of hydrogen-bond acceptors (Lipinski definition) is 17. The Morgan fingerprint density at radius 3 is 1.38 bits per heavy atom. The minimum Gasteiger partial charge on any atom is -0.748 e. The predicted octanol–water partition coefficient (Wildman–Crippen LogP) is -1.32. The molecule has 1 aliphatic heterocycles. The van der Waals surface area contributed by atoms with E-state index in [1.807, 2.05) is 31.2 Å². The molecule has 0 bridgehead atoms. The van der Waals surface area contributed by atoms with Crippen molar-refractivity contribution in [3.8, 4) is 34.2 Å². The number of aryl methyl sites for hydroxylation is 2. The quantitative estimate of drug-likeness (QED) is 0.0553. The molecule has 6 aromatic heterocycles. The molecule has 7 rings (SSSR count).